The summed E-state index contributed by atoms with van der Waals surface area (Å²) in [5.41, 5.74) is 0.337. The fourth-order valence-corrected chi connectivity index (χ4v) is 2.32. The predicted octanol–water partition coefficient (Wildman–Crippen LogP) is 2.53. The fourth-order valence-electron chi connectivity index (χ4n) is 2.32. The van der Waals surface area contributed by atoms with Gasteiger partial charge < -0.3 is 4.74 Å². The van der Waals surface area contributed by atoms with Gasteiger partial charge in [0.15, 0.2) is 5.78 Å². The van der Waals surface area contributed by atoms with Crippen LogP contribution in [0.15, 0.2) is 12.3 Å². The van der Waals surface area contributed by atoms with E-state index in [-0.39, 0.29) is 5.78 Å². The molecule has 1 aromatic rings. The van der Waals surface area contributed by atoms with Crippen LogP contribution in [0.3, 0.4) is 0 Å². The smallest absolute Gasteiger partial charge is 0.170 e. The van der Waals surface area contributed by atoms with E-state index in [0.29, 0.717) is 12.5 Å². The zero-order chi connectivity index (χ0) is 13.2. The number of hydrogen-bond acceptors (Lipinski definition) is 3. The summed E-state index contributed by atoms with van der Waals surface area (Å²) in [4.78, 5) is 12.2. The van der Waals surface area contributed by atoms with Gasteiger partial charge in [0.05, 0.1) is 12.1 Å². The Morgan fingerprint density at radius 3 is 2.83 bits per heavy atom. The van der Waals surface area contributed by atoms with E-state index < -0.39 is 5.60 Å². The summed E-state index contributed by atoms with van der Waals surface area (Å²) in [6, 6.07) is 2.32. The van der Waals surface area contributed by atoms with Crippen molar-refractivity contribution >= 4 is 5.78 Å². The summed E-state index contributed by atoms with van der Waals surface area (Å²) >= 11 is 0. The summed E-state index contributed by atoms with van der Waals surface area (Å²) < 4.78 is 7.33. The standard InChI is InChI=1S/C14H22N2O2/c1-4-11(2)16-9-6-12(15-16)10-13(17)14(18-3)7-5-8-14/h6,9,11H,4-5,7-8,10H2,1-3H3. The molecule has 0 aliphatic heterocycles. The second-order valence-electron chi connectivity index (χ2n) is 5.20. The van der Waals surface area contributed by atoms with Gasteiger partial charge in [-0.25, -0.2) is 0 Å². The molecule has 1 aliphatic carbocycles. The van der Waals surface area contributed by atoms with Crippen molar-refractivity contribution in [3.8, 4) is 0 Å². The van der Waals surface area contributed by atoms with Gasteiger partial charge in [-0.05, 0) is 38.7 Å². The first-order valence-corrected chi connectivity index (χ1v) is 6.74. The average molecular weight is 250 g/mol. The third kappa shape index (κ3) is 2.34. The molecule has 1 aliphatic rings. The fraction of sp³-hybridized carbons (Fsp3) is 0.714. The zero-order valence-corrected chi connectivity index (χ0v) is 11.5. The molecule has 1 saturated carbocycles. The molecule has 1 unspecified atom stereocenters. The van der Waals surface area contributed by atoms with Crippen LogP contribution in [0, 0.1) is 0 Å². The molecule has 1 fully saturated rings. The molecule has 0 aromatic carbocycles. The zero-order valence-electron chi connectivity index (χ0n) is 11.5. The van der Waals surface area contributed by atoms with E-state index in [1.54, 1.807) is 7.11 Å². The van der Waals surface area contributed by atoms with Crippen molar-refractivity contribution in [2.24, 2.45) is 0 Å². The molecule has 0 radical (unpaired) electrons. The van der Waals surface area contributed by atoms with Crippen molar-refractivity contribution in [3.63, 3.8) is 0 Å². The minimum absolute atomic E-state index is 0.172. The number of hydrogen-bond donors (Lipinski definition) is 0. The minimum Gasteiger partial charge on any atom is -0.370 e. The lowest BCUT2D eigenvalue weighted by atomic mass is 9.75. The monoisotopic (exact) mass is 250 g/mol. The lowest BCUT2D eigenvalue weighted by Gasteiger charge is -2.38. The van der Waals surface area contributed by atoms with E-state index in [2.05, 4.69) is 18.9 Å². The summed E-state index contributed by atoms with van der Waals surface area (Å²) in [5.74, 6) is 0.172. The number of carbonyl (C=O) groups excluding carboxylic acids is 1. The van der Waals surface area contributed by atoms with E-state index >= 15 is 0 Å². The third-order valence-electron chi connectivity index (χ3n) is 4.11. The van der Waals surface area contributed by atoms with Gasteiger partial charge in [-0.1, -0.05) is 6.92 Å². The molecular formula is C14H22N2O2. The molecule has 1 aromatic heterocycles. The number of nitrogens with zero attached hydrogens (tertiary/aromatic N) is 2. The number of methoxy groups -OCH3 is 1. The Morgan fingerprint density at radius 1 is 1.61 bits per heavy atom. The summed E-state index contributed by atoms with van der Waals surface area (Å²) in [7, 11) is 1.63. The quantitative estimate of drug-likeness (QED) is 0.779. The highest BCUT2D eigenvalue weighted by molar-refractivity contribution is 5.89. The van der Waals surface area contributed by atoms with Crippen LogP contribution in [-0.4, -0.2) is 28.3 Å². The maximum absolute atomic E-state index is 12.2. The van der Waals surface area contributed by atoms with Crippen molar-refractivity contribution < 1.29 is 9.53 Å². The SMILES string of the molecule is CCC(C)n1ccc(CC(=O)C2(OC)CCC2)n1. The van der Waals surface area contributed by atoms with Gasteiger partial charge in [0, 0.05) is 19.3 Å². The van der Waals surface area contributed by atoms with E-state index in [0.717, 1.165) is 31.4 Å². The summed E-state index contributed by atoms with van der Waals surface area (Å²) in [5, 5.41) is 4.47. The molecule has 0 spiro atoms. The van der Waals surface area contributed by atoms with Gasteiger partial charge in [0.1, 0.15) is 5.60 Å². The Kier molecular flexibility index (Phi) is 3.85. The van der Waals surface area contributed by atoms with Crippen molar-refractivity contribution in [2.45, 2.75) is 57.6 Å². The van der Waals surface area contributed by atoms with Gasteiger partial charge >= 0.3 is 0 Å². The second kappa shape index (κ2) is 5.22. The highest BCUT2D eigenvalue weighted by Crippen LogP contribution is 2.36. The van der Waals surface area contributed by atoms with E-state index in [4.69, 9.17) is 4.74 Å². The number of aromatic nitrogens is 2. The van der Waals surface area contributed by atoms with Gasteiger partial charge in [-0.3, -0.25) is 9.48 Å². The van der Waals surface area contributed by atoms with Crippen LogP contribution in [0.1, 0.15) is 51.3 Å². The third-order valence-corrected chi connectivity index (χ3v) is 4.11. The van der Waals surface area contributed by atoms with Crippen LogP contribution >= 0.6 is 0 Å². The number of ketones is 1. The second-order valence-corrected chi connectivity index (χ2v) is 5.20. The molecule has 0 saturated heterocycles. The first-order valence-electron chi connectivity index (χ1n) is 6.74. The molecule has 0 amide bonds. The lowest BCUT2D eigenvalue weighted by Crippen LogP contribution is -2.47. The lowest BCUT2D eigenvalue weighted by molar-refractivity contribution is -0.151. The van der Waals surface area contributed by atoms with Crippen molar-refractivity contribution in [3.05, 3.63) is 18.0 Å². The Balaban J connectivity index is 2.01. The number of rotatable bonds is 6. The van der Waals surface area contributed by atoms with Crippen molar-refractivity contribution in [1.82, 2.24) is 9.78 Å². The normalized spacial score (nSPS) is 19.3. The molecular weight excluding hydrogens is 228 g/mol. The predicted molar refractivity (Wildman–Crippen MR) is 69.5 cm³/mol. The molecule has 0 N–H and O–H groups in total. The molecule has 2 rings (SSSR count). The van der Waals surface area contributed by atoms with Crippen LogP contribution < -0.4 is 0 Å². The molecule has 1 heterocycles. The highest BCUT2D eigenvalue weighted by atomic mass is 16.5. The Bertz CT molecular complexity index is 416. The molecule has 4 heteroatoms. The number of Topliss-reactive ketones (excluding diaryl/α,β-unsaturated/α-hetero) is 1. The van der Waals surface area contributed by atoms with Crippen LogP contribution in [0.25, 0.3) is 0 Å². The van der Waals surface area contributed by atoms with Crippen LogP contribution in [-0.2, 0) is 16.0 Å². The van der Waals surface area contributed by atoms with Gasteiger partial charge in [0.25, 0.3) is 0 Å². The Morgan fingerprint density at radius 2 is 2.33 bits per heavy atom. The largest absolute Gasteiger partial charge is 0.370 e. The van der Waals surface area contributed by atoms with Crippen LogP contribution in [0.4, 0.5) is 0 Å². The number of ether oxygens (including phenoxy) is 1. The Labute approximate surface area is 108 Å². The maximum atomic E-state index is 12.2. The van der Waals surface area contributed by atoms with Gasteiger partial charge in [-0.15, -0.1) is 0 Å². The van der Waals surface area contributed by atoms with Crippen molar-refractivity contribution in [2.75, 3.05) is 7.11 Å². The minimum atomic E-state index is -0.514. The van der Waals surface area contributed by atoms with E-state index in [9.17, 15) is 4.79 Å². The highest BCUT2D eigenvalue weighted by Gasteiger charge is 2.43. The molecule has 1 atom stereocenters. The molecule has 100 valence electrons. The Hall–Kier alpha value is -1.16. The number of carbonyl (C=O) groups is 1. The molecule has 4 nitrogen and oxygen atoms in total. The van der Waals surface area contributed by atoms with Crippen molar-refractivity contribution in [1.29, 1.82) is 0 Å². The summed E-state index contributed by atoms with van der Waals surface area (Å²) in [6.07, 6.45) is 6.18. The topological polar surface area (TPSA) is 44.1 Å². The summed E-state index contributed by atoms with van der Waals surface area (Å²) in [6.45, 7) is 4.26. The molecule has 0 bridgehead atoms. The van der Waals surface area contributed by atoms with Crippen LogP contribution in [0.2, 0.25) is 0 Å². The van der Waals surface area contributed by atoms with E-state index in [1.807, 2.05) is 16.9 Å². The van der Waals surface area contributed by atoms with Gasteiger partial charge in [-0.2, -0.15) is 5.10 Å². The van der Waals surface area contributed by atoms with E-state index in [1.165, 1.54) is 0 Å². The van der Waals surface area contributed by atoms with Crippen LogP contribution in [0.5, 0.6) is 0 Å². The first kappa shape index (κ1) is 13.3. The first-order chi connectivity index (χ1) is 8.61. The maximum Gasteiger partial charge on any atom is 0.170 e. The van der Waals surface area contributed by atoms with Gasteiger partial charge in [0.2, 0.25) is 0 Å². The average Bonchev–Trinajstić information content (AvgIpc) is 2.76. The molecule has 18 heavy (non-hydrogen) atoms.